The average Bonchev–Trinajstić information content (AvgIpc) is 3.05. The van der Waals surface area contributed by atoms with Crippen molar-refractivity contribution in [3.63, 3.8) is 0 Å². The molecule has 0 unspecified atom stereocenters. The van der Waals surface area contributed by atoms with E-state index in [2.05, 4.69) is 12.2 Å². The van der Waals surface area contributed by atoms with Gasteiger partial charge in [0.2, 0.25) is 0 Å². The summed E-state index contributed by atoms with van der Waals surface area (Å²) in [6.07, 6.45) is 4.81. The first-order valence-corrected chi connectivity index (χ1v) is 7.14. The minimum Gasteiger partial charge on any atom is -0.316 e. The second-order valence-electron chi connectivity index (χ2n) is 6.01. The van der Waals surface area contributed by atoms with Crippen LogP contribution in [0.1, 0.15) is 38.2 Å². The van der Waals surface area contributed by atoms with E-state index >= 15 is 0 Å². The maximum atomic E-state index is 14.2. The van der Waals surface area contributed by atoms with Crippen LogP contribution in [0.2, 0.25) is 5.02 Å². The standard InChI is InChI=1S/C15H19ClFN/c1-2-18-10-15(8-14(9-15)6-7-14)13-11(16)4-3-5-12(13)17/h3-5,18H,2,6-10H2,1H3. The zero-order valence-electron chi connectivity index (χ0n) is 10.7. The Morgan fingerprint density at radius 1 is 1.33 bits per heavy atom. The largest absolute Gasteiger partial charge is 0.316 e. The molecule has 0 radical (unpaired) electrons. The Hall–Kier alpha value is -0.600. The lowest BCUT2D eigenvalue weighted by molar-refractivity contribution is 0.113. The highest BCUT2D eigenvalue weighted by atomic mass is 35.5. The normalized spacial score (nSPS) is 22.8. The molecule has 18 heavy (non-hydrogen) atoms. The van der Waals surface area contributed by atoms with Gasteiger partial charge in [-0.1, -0.05) is 24.6 Å². The molecule has 3 rings (SSSR count). The van der Waals surface area contributed by atoms with Crippen molar-refractivity contribution in [2.45, 2.75) is 38.0 Å². The molecule has 0 atom stereocenters. The molecule has 0 heterocycles. The van der Waals surface area contributed by atoms with E-state index in [0.29, 0.717) is 10.4 Å². The second-order valence-corrected chi connectivity index (χ2v) is 6.42. The molecule has 1 spiro atoms. The maximum Gasteiger partial charge on any atom is 0.128 e. The topological polar surface area (TPSA) is 12.0 Å². The molecule has 98 valence electrons. The number of benzene rings is 1. The quantitative estimate of drug-likeness (QED) is 0.872. The van der Waals surface area contributed by atoms with Crippen molar-refractivity contribution in [2.75, 3.05) is 13.1 Å². The predicted octanol–water partition coefficient (Wildman–Crippen LogP) is 3.90. The van der Waals surface area contributed by atoms with Crippen LogP contribution in [0.4, 0.5) is 4.39 Å². The summed E-state index contributed by atoms with van der Waals surface area (Å²) >= 11 is 6.25. The van der Waals surface area contributed by atoms with Crippen LogP contribution in [0, 0.1) is 11.2 Å². The van der Waals surface area contributed by atoms with Crippen molar-refractivity contribution in [1.29, 1.82) is 0 Å². The van der Waals surface area contributed by atoms with Gasteiger partial charge in [-0.25, -0.2) is 4.39 Å². The smallest absolute Gasteiger partial charge is 0.128 e. The van der Waals surface area contributed by atoms with E-state index in [4.69, 9.17) is 11.6 Å². The highest BCUT2D eigenvalue weighted by Gasteiger charge is 2.62. The van der Waals surface area contributed by atoms with Crippen molar-refractivity contribution in [2.24, 2.45) is 5.41 Å². The number of halogens is 2. The molecular weight excluding hydrogens is 249 g/mol. The van der Waals surface area contributed by atoms with Gasteiger partial charge < -0.3 is 5.32 Å². The fourth-order valence-electron chi connectivity index (χ4n) is 3.67. The van der Waals surface area contributed by atoms with Gasteiger partial charge >= 0.3 is 0 Å². The molecule has 1 aromatic rings. The molecular formula is C15H19ClFN. The van der Waals surface area contributed by atoms with E-state index < -0.39 is 0 Å². The van der Waals surface area contributed by atoms with Gasteiger partial charge in [0, 0.05) is 22.5 Å². The van der Waals surface area contributed by atoms with Crippen LogP contribution in [0.15, 0.2) is 18.2 Å². The van der Waals surface area contributed by atoms with Crippen molar-refractivity contribution in [1.82, 2.24) is 5.32 Å². The molecule has 0 amide bonds. The van der Waals surface area contributed by atoms with E-state index in [-0.39, 0.29) is 11.2 Å². The van der Waals surface area contributed by atoms with Gasteiger partial charge in [-0.15, -0.1) is 0 Å². The summed E-state index contributed by atoms with van der Waals surface area (Å²) in [6, 6.07) is 5.03. The molecule has 2 fully saturated rings. The van der Waals surface area contributed by atoms with E-state index in [1.165, 1.54) is 18.9 Å². The second kappa shape index (κ2) is 4.21. The van der Waals surface area contributed by atoms with Crippen molar-refractivity contribution >= 4 is 11.6 Å². The summed E-state index contributed by atoms with van der Waals surface area (Å²) < 4.78 is 14.2. The molecule has 2 saturated carbocycles. The molecule has 2 aliphatic rings. The van der Waals surface area contributed by atoms with Gasteiger partial charge in [0.1, 0.15) is 5.82 Å². The Morgan fingerprint density at radius 3 is 2.61 bits per heavy atom. The highest BCUT2D eigenvalue weighted by molar-refractivity contribution is 6.31. The Balaban J connectivity index is 1.93. The van der Waals surface area contributed by atoms with Gasteiger partial charge in [0.15, 0.2) is 0 Å². The number of hydrogen-bond acceptors (Lipinski definition) is 1. The van der Waals surface area contributed by atoms with Crippen LogP contribution < -0.4 is 5.32 Å². The number of likely N-dealkylation sites (N-methyl/N-ethyl adjacent to an activating group) is 1. The Morgan fingerprint density at radius 2 is 2.06 bits per heavy atom. The zero-order chi connectivity index (χ0) is 12.8. The van der Waals surface area contributed by atoms with Crippen LogP contribution >= 0.6 is 11.6 Å². The van der Waals surface area contributed by atoms with Gasteiger partial charge in [-0.2, -0.15) is 0 Å². The van der Waals surface area contributed by atoms with Crippen LogP contribution in [-0.4, -0.2) is 13.1 Å². The van der Waals surface area contributed by atoms with Crippen LogP contribution in [-0.2, 0) is 5.41 Å². The molecule has 1 N–H and O–H groups in total. The van der Waals surface area contributed by atoms with Gasteiger partial charge in [0.25, 0.3) is 0 Å². The molecule has 1 nitrogen and oxygen atoms in total. The molecule has 2 aliphatic carbocycles. The predicted molar refractivity (Wildman–Crippen MR) is 72.5 cm³/mol. The maximum absolute atomic E-state index is 14.2. The highest BCUT2D eigenvalue weighted by Crippen LogP contribution is 2.69. The van der Waals surface area contributed by atoms with Gasteiger partial charge in [-0.3, -0.25) is 0 Å². The third kappa shape index (κ3) is 1.86. The Bertz CT molecular complexity index is 439. The van der Waals surface area contributed by atoms with E-state index in [9.17, 15) is 4.39 Å². The fraction of sp³-hybridized carbons (Fsp3) is 0.600. The molecule has 0 saturated heterocycles. The summed E-state index contributed by atoms with van der Waals surface area (Å²) in [5.41, 5.74) is 1.20. The van der Waals surface area contributed by atoms with Crippen LogP contribution in [0.5, 0.6) is 0 Å². The van der Waals surface area contributed by atoms with E-state index in [1.54, 1.807) is 6.07 Å². The third-order valence-corrected chi connectivity index (χ3v) is 4.91. The third-order valence-electron chi connectivity index (χ3n) is 4.59. The average molecular weight is 268 g/mol. The van der Waals surface area contributed by atoms with Crippen molar-refractivity contribution in [3.8, 4) is 0 Å². The summed E-state index contributed by atoms with van der Waals surface area (Å²) in [7, 11) is 0. The van der Waals surface area contributed by atoms with Crippen LogP contribution in [0.3, 0.4) is 0 Å². The minimum atomic E-state index is -0.143. The summed E-state index contributed by atoms with van der Waals surface area (Å²) in [6.45, 7) is 3.84. The summed E-state index contributed by atoms with van der Waals surface area (Å²) in [5.74, 6) is -0.143. The Labute approximate surface area is 113 Å². The van der Waals surface area contributed by atoms with E-state index in [1.807, 2.05) is 6.07 Å². The first-order chi connectivity index (χ1) is 8.61. The molecule has 3 heteroatoms. The summed E-state index contributed by atoms with van der Waals surface area (Å²) in [5, 5.41) is 3.97. The lowest BCUT2D eigenvalue weighted by atomic mass is 9.56. The van der Waals surface area contributed by atoms with Crippen molar-refractivity contribution < 1.29 is 4.39 Å². The number of rotatable bonds is 4. The van der Waals surface area contributed by atoms with Gasteiger partial charge in [-0.05, 0) is 49.8 Å². The summed E-state index contributed by atoms with van der Waals surface area (Å²) in [4.78, 5) is 0. The number of nitrogens with one attached hydrogen (secondary N) is 1. The molecule has 0 bridgehead atoms. The molecule has 0 aliphatic heterocycles. The van der Waals surface area contributed by atoms with Crippen LogP contribution in [0.25, 0.3) is 0 Å². The molecule has 1 aromatic carbocycles. The monoisotopic (exact) mass is 267 g/mol. The lowest BCUT2D eigenvalue weighted by Crippen LogP contribution is -2.50. The fourth-order valence-corrected chi connectivity index (χ4v) is 4.04. The molecule has 0 aromatic heterocycles. The van der Waals surface area contributed by atoms with Crippen molar-refractivity contribution in [3.05, 3.63) is 34.6 Å². The lowest BCUT2D eigenvalue weighted by Gasteiger charge is -2.50. The van der Waals surface area contributed by atoms with Gasteiger partial charge in [0.05, 0.1) is 0 Å². The Kier molecular flexibility index (Phi) is 2.91. The first kappa shape index (κ1) is 12.4. The SMILES string of the molecule is CCNCC1(c2c(F)cccc2Cl)CC2(CC2)C1. The first-order valence-electron chi connectivity index (χ1n) is 6.76. The zero-order valence-corrected chi connectivity index (χ0v) is 11.5. The minimum absolute atomic E-state index is 0.0745. The number of hydrogen-bond donors (Lipinski definition) is 1. The van der Waals surface area contributed by atoms with E-state index in [0.717, 1.165) is 31.5 Å².